The van der Waals surface area contributed by atoms with Gasteiger partial charge in [0.25, 0.3) is 0 Å². The van der Waals surface area contributed by atoms with E-state index in [2.05, 4.69) is 10.3 Å². The van der Waals surface area contributed by atoms with Crippen molar-refractivity contribution in [2.75, 3.05) is 31.1 Å². The topological polar surface area (TPSA) is 48.5 Å². The number of hydrogen-bond donors (Lipinski definition) is 1. The predicted molar refractivity (Wildman–Crippen MR) is 98.4 cm³/mol. The molecule has 30 heavy (non-hydrogen) atoms. The average molecular weight is 459 g/mol. The van der Waals surface area contributed by atoms with E-state index in [9.17, 15) is 31.1 Å². The molecule has 1 aromatic heterocycles. The summed E-state index contributed by atoms with van der Waals surface area (Å²) in [7, 11) is 0. The van der Waals surface area contributed by atoms with Gasteiger partial charge in [0.2, 0.25) is 0 Å². The largest absolute Gasteiger partial charge is 0.417 e. The van der Waals surface area contributed by atoms with Gasteiger partial charge in [-0.05, 0) is 25.3 Å². The van der Waals surface area contributed by atoms with Crippen LogP contribution in [-0.4, -0.2) is 54.3 Å². The molecule has 2 amide bonds. The van der Waals surface area contributed by atoms with E-state index in [4.69, 9.17) is 11.6 Å². The van der Waals surface area contributed by atoms with Crippen LogP contribution in [0.1, 0.15) is 31.2 Å². The van der Waals surface area contributed by atoms with Gasteiger partial charge in [-0.25, -0.2) is 9.78 Å². The zero-order chi connectivity index (χ0) is 22.1. The van der Waals surface area contributed by atoms with Crippen LogP contribution in [0.15, 0.2) is 12.3 Å². The number of hydrogen-bond acceptors (Lipinski definition) is 3. The number of pyridine rings is 1. The summed E-state index contributed by atoms with van der Waals surface area (Å²) >= 11 is 5.96. The third kappa shape index (κ3) is 5.41. The summed E-state index contributed by atoms with van der Waals surface area (Å²) in [6.07, 6.45) is -7.24. The van der Waals surface area contributed by atoms with Gasteiger partial charge >= 0.3 is 18.4 Å². The molecule has 1 saturated heterocycles. The van der Waals surface area contributed by atoms with E-state index in [-0.39, 0.29) is 36.8 Å². The van der Waals surface area contributed by atoms with Crippen molar-refractivity contribution < 1.29 is 31.1 Å². The molecule has 2 heterocycles. The highest BCUT2D eigenvalue weighted by Crippen LogP contribution is 2.37. The lowest BCUT2D eigenvalue weighted by atomic mass is 9.85. The van der Waals surface area contributed by atoms with Gasteiger partial charge in [-0.2, -0.15) is 26.3 Å². The SMILES string of the molecule is O=C(NC1CCCC(C(F)(F)F)C1)N1CCN(c2ncc(C(F)(F)F)cc2Cl)CC1. The van der Waals surface area contributed by atoms with Crippen molar-refractivity contribution in [3.8, 4) is 0 Å². The Labute approximate surface area is 174 Å². The fraction of sp³-hybridized carbons (Fsp3) is 0.667. The predicted octanol–water partition coefficient (Wildman–Crippen LogP) is 4.71. The van der Waals surface area contributed by atoms with E-state index in [0.717, 1.165) is 6.07 Å². The molecular weight excluding hydrogens is 438 g/mol. The Morgan fingerprint density at radius 2 is 1.77 bits per heavy atom. The van der Waals surface area contributed by atoms with Gasteiger partial charge in [0, 0.05) is 38.4 Å². The number of aromatic nitrogens is 1. The number of amides is 2. The molecule has 0 radical (unpaired) electrons. The lowest BCUT2D eigenvalue weighted by Crippen LogP contribution is -2.54. The lowest BCUT2D eigenvalue weighted by Gasteiger charge is -2.37. The number of nitrogens with zero attached hydrogens (tertiary/aromatic N) is 3. The molecule has 3 rings (SSSR count). The highest BCUT2D eigenvalue weighted by atomic mass is 35.5. The van der Waals surface area contributed by atoms with Gasteiger partial charge in [0.05, 0.1) is 16.5 Å². The van der Waals surface area contributed by atoms with Crippen LogP contribution in [0.2, 0.25) is 5.02 Å². The summed E-state index contributed by atoms with van der Waals surface area (Å²) in [6.45, 7) is 1.09. The summed E-state index contributed by atoms with van der Waals surface area (Å²) in [6, 6.07) is -0.154. The first-order valence-electron chi connectivity index (χ1n) is 9.55. The Kier molecular flexibility index (Phi) is 6.59. The van der Waals surface area contributed by atoms with Gasteiger partial charge in [-0.3, -0.25) is 0 Å². The van der Waals surface area contributed by atoms with Gasteiger partial charge in [-0.15, -0.1) is 0 Å². The van der Waals surface area contributed by atoms with Crippen LogP contribution in [0.25, 0.3) is 0 Å². The Morgan fingerprint density at radius 3 is 2.33 bits per heavy atom. The summed E-state index contributed by atoms with van der Waals surface area (Å²) < 4.78 is 77.0. The Morgan fingerprint density at radius 1 is 1.10 bits per heavy atom. The molecule has 0 spiro atoms. The minimum absolute atomic E-state index is 0.0788. The Bertz CT molecular complexity index is 764. The molecule has 1 saturated carbocycles. The van der Waals surface area contributed by atoms with E-state index in [1.165, 1.54) is 4.90 Å². The zero-order valence-electron chi connectivity index (χ0n) is 15.9. The molecule has 0 aromatic carbocycles. The maximum absolute atomic E-state index is 12.9. The fourth-order valence-electron chi connectivity index (χ4n) is 3.82. The first-order valence-corrected chi connectivity index (χ1v) is 9.93. The second kappa shape index (κ2) is 8.68. The third-order valence-electron chi connectivity index (χ3n) is 5.48. The lowest BCUT2D eigenvalue weighted by molar-refractivity contribution is -0.183. The molecule has 2 unspecified atom stereocenters. The first kappa shape index (κ1) is 22.8. The van der Waals surface area contributed by atoms with Crippen LogP contribution in [0.4, 0.5) is 37.0 Å². The van der Waals surface area contributed by atoms with Crippen LogP contribution in [0.3, 0.4) is 0 Å². The normalized spacial score (nSPS) is 23.4. The highest BCUT2D eigenvalue weighted by Gasteiger charge is 2.42. The molecule has 5 nitrogen and oxygen atoms in total. The van der Waals surface area contributed by atoms with E-state index in [1.54, 1.807) is 4.90 Å². The van der Waals surface area contributed by atoms with E-state index in [1.807, 2.05) is 0 Å². The van der Waals surface area contributed by atoms with Crippen molar-refractivity contribution in [1.82, 2.24) is 15.2 Å². The van der Waals surface area contributed by atoms with Crippen molar-refractivity contribution in [2.45, 2.75) is 44.1 Å². The zero-order valence-corrected chi connectivity index (χ0v) is 16.6. The van der Waals surface area contributed by atoms with Crippen molar-refractivity contribution in [3.63, 3.8) is 0 Å². The molecule has 2 atom stereocenters. The Balaban J connectivity index is 1.53. The number of urea groups is 1. The smallest absolute Gasteiger partial charge is 0.352 e. The van der Waals surface area contributed by atoms with Gasteiger partial charge in [0.15, 0.2) is 0 Å². The third-order valence-corrected chi connectivity index (χ3v) is 5.76. The second-order valence-electron chi connectivity index (χ2n) is 7.55. The molecule has 1 aliphatic heterocycles. The number of anilines is 1. The van der Waals surface area contributed by atoms with Crippen LogP contribution in [0, 0.1) is 5.92 Å². The number of halogens is 7. The van der Waals surface area contributed by atoms with Gasteiger partial charge in [0.1, 0.15) is 5.82 Å². The van der Waals surface area contributed by atoms with E-state index >= 15 is 0 Å². The number of rotatable bonds is 2. The molecule has 1 aromatic rings. The molecule has 2 fully saturated rings. The molecular formula is C18H21ClF6N4O. The maximum Gasteiger partial charge on any atom is 0.417 e. The average Bonchev–Trinajstić information content (AvgIpc) is 2.67. The fourth-order valence-corrected chi connectivity index (χ4v) is 4.11. The van der Waals surface area contributed by atoms with Crippen molar-refractivity contribution >= 4 is 23.4 Å². The number of nitrogens with one attached hydrogen (secondary N) is 1. The Hall–Kier alpha value is -1.91. The molecule has 0 bridgehead atoms. The summed E-state index contributed by atoms with van der Waals surface area (Å²) in [4.78, 5) is 19.4. The summed E-state index contributed by atoms with van der Waals surface area (Å²) in [5.74, 6) is -1.20. The van der Waals surface area contributed by atoms with Crippen LogP contribution >= 0.6 is 11.6 Å². The maximum atomic E-state index is 12.9. The molecule has 2 aliphatic rings. The molecule has 12 heteroatoms. The number of piperazine rings is 1. The van der Waals surface area contributed by atoms with Crippen molar-refractivity contribution in [2.24, 2.45) is 5.92 Å². The summed E-state index contributed by atoms with van der Waals surface area (Å²) in [5, 5.41) is 2.55. The minimum Gasteiger partial charge on any atom is -0.352 e. The van der Waals surface area contributed by atoms with Crippen LogP contribution in [0.5, 0.6) is 0 Å². The number of alkyl halides is 6. The quantitative estimate of drug-likeness (QED) is 0.653. The van der Waals surface area contributed by atoms with Crippen molar-refractivity contribution in [1.29, 1.82) is 0 Å². The highest BCUT2D eigenvalue weighted by molar-refractivity contribution is 6.33. The van der Waals surface area contributed by atoms with Crippen LogP contribution in [-0.2, 0) is 6.18 Å². The standard InChI is InChI=1S/C18H21ClF6N4O/c19-14-9-12(18(23,24)25)10-26-15(14)28-4-6-29(7-5-28)16(30)27-13-3-1-2-11(8-13)17(20,21)22/h9-11,13H,1-8H2,(H,27,30). The first-order chi connectivity index (χ1) is 13.9. The molecule has 1 N–H and O–H groups in total. The van der Waals surface area contributed by atoms with Gasteiger partial charge in [-0.1, -0.05) is 18.0 Å². The summed E-state index contributed by atoms with van der Waals surface area (Å²) in [5.41, 5.74) is -0.945. The monoisotopic (exact) mass is 458 g/mol. The second-order valence-corrected chi connectivity index (χ2v) is 7.96. The minimum atomic E-state index is -4.55. The number of carbonyl (C=O) groups is 1. The number of carbonyl (C=O) groups excluding carboxylic acids is 1. The van der Waals surface area contributed by atoms with Crippen molar-refractivity contribution in [3.05, 3.63) is 22.8 Å². The van der Waals surface area contributed by atoms with Crippen LogP contribution < -0.4 is 10.2 Å². The van der Waals surface area contributed by atoms with E-state index < -0.39 is 35.9 Å². The molecule has 1 aliphatic carbocycles. The molecule has 168 valence electrons. The van der Waals surface area contributed by atoms with Gasteiger partial charge < -0.3 is 15.1 Å². The van der Waals surface area contributed by atoms with E-state index in [0.29, 0.717) is 32.1 Å².